The number of rotatable bonds is 3. The van der Waals surface area contributed by atoms with Crippen LogP contribution in [0.5, 0.6) is 0 Å². The number of allylic oxidation sites excluding steroid dienone is 4. The second kappa shape index (κ2) is 5.28. The van der Waals surface area contributed by atoms with E-state index in [1.54, 1.807) is 18.3 Å². The van der Waals surface area contributed by atoms with E-state index in [0.29, 0.717) is 11.3 Å². The molecule has 0 bridgehead atoms. The Balaban J connectivity index is 2.01. The molecule has 2 aromatic rings. The van der Waals surface area contributed by atoms with Gasteiger partial charge in [-0.15, -0.1) is 0 Å². The van der Waals surface area contributed by atoms with Crippen LogP contribution >= 0.6 is 0 Å². The van der Waals surface area contributed by atoms with Crippen molar-refractivity contribution in [1.82, 2.24) is 4.98 Å². The van der Waals surface area contributed by atoms with Gasteiger partial charge in [0.05, 0.1) is 0 Å². The van der Waals surface area contributed by atoms with Gasteiger partial charge in [0.2, 0.25) is 0 Å². The summed E-state index contributed by atoms with van der Waals surface area (Å²) >= 11 is -0.901. The van der Waals surface area contributed by atoms with Crippen molar-refractivity contribution < 1.29 is 27.9 Å². The number of hydrogen-bond acceptors (Lipinski definition) is 0. The molecule has 1 nitrogen and oxygen atoms in total. The summed E-state index contributed by atoms with van der Waals surface area (Å²) in [6.07, 6.45) is 9.59. The summed E-state index contributed by atoms with van der Waals surface area (Å²) in [5, 5.41) is 0. The molecule has 1 aromatic carbocycles. The Morgan fingerprint density at radius 3 is 2.53 bits per heavy atom. The van der Waals surface area contributed by atoms with Crippen molar-refractivity contribution in [2.45, 2.75) is 4.22 Å². The van der Waals surface area contributed by atoms with Crippen LogP contribution in [-0.2, 0) is 19.2 Å². The summed E-state index contributed by atoms with van der Waals surface area (Å²) < 4.78 is 28.8. The molecule has 1 N–H and O–H groups in total. The summed E-state index contributed by atoms with van der Waals surface area (Å²) in [5.74, 6) is -0.849. The molecule has 0 saturated carbocycles. The third kappa shape index (κ3) is 2.49. The van der Waals surface area contributed by atoms with Crippen molar-refractivity contribution in [3.8, 4) is 11.3 Å². The average molecular weight is 291 g/mol. The van der Waals surface area contributed by atoms with Crippen molar-refractivity contribution in [2.24, 2.45) is 0 Å². The normalized spacial score (nSPS) is 14.2. The van der Waals surface area contributed by atoms with Crippen LogP contribution in [0.25, 0.3) is 11.3 Å². The average Bonchev–Trinajstić information content (AvgIpc) is 3.07. The van der Waals surface area contributed by atoms with E-state index in [0.717, 1.165) is 0 Å². The molecule has 1 aliphatic carbocycles. The molecule has 0 spiro atoms. The van der Waals surface area contributed by atoms with Crippen LogP contribution in [0.15, 0.2) is 54.8 Å². The fourth-order valence-electron chi connectivity index (χ4n) is 2.09. The van der Waals surface area contributed by atoms with Gasteiger partial charge in [0.15, 0.2) is 0 Å². The SMILES string of the molecule is Fc1ccc(-c2ccc[nH]2)c(F)[c]1[Ti][CH]1C=CC=C1. The topological polar surface area (TPSA) is 15.8 Å². The monoisotopic (exact) mass is 291 g/mol. The second-order valence-electron chi connectivity index (χ2n) is 4.31. The predicted molar refractivity (Wildman–Crippen MR) is 67.8 cm³/mol. The first-order chi connectivity index (χ1) is 9.25. The molecule has 0 aliphatic heterocycles. The van der Waals surface area contributed by atoms with Crippen LogP contribution in [0.3, 0.4) is 0 Å². The Morgan fingerprint density at radius 1 is 1.05 bits per heavy atom. The van der Waals surface area contributed by atoms with E-state index < -0.39 is 30.8 Å². The molecule has 0 fully saturated rings. The first kappa shape index (κ1) is 12.6. The van der Waals surface area contributed by atoms with Crippen molar-refractivity contribution >= 4 is 3.87 Å². The zero-order valence-electron chi connectivity index (χ0n) is 10.0. The maximum atomic E-state index is 14.5. The number of aromatic amines is 1. The predicted octanol–water partition coefficient (Wildman–Crippen LogP) is 3.58. The summed E-state index contributed by atoms with van der Waals surface area (Å²) in [6, 6.07) is 6.44. The zero-order chi connectivity index (χ0) is 13.2. The Morgan fingerprint density at radius 2 is 1.84 bits per heavy atom. The molecule has 3 rings (SSSR count). The minimum atomic E-state index is -0.901. The number of benzene rings is 1. The van der Waals surface area contributed by atoms with Gasteiger partial charge < -0.3 is 0 Å². The van der Waals surface area contributed by atoms with Crippen LogP contribution < -0.4 is 3.87 Å². The minimum absolute atomic E-state index is 0.197. The van der Waals surface area contributed by atoms with Gasteiger partial charge in [-0.1, -0.05) is 0 Å². The van der Waals surface area contributed by atoms with Gasteiger partial charge in [-0.25, -0.2) is 0 Å². The van der Waals surface area contributed by atoms with Crippen molar-refractivity contribution in [3.63, 3.8) is 0 Å². The number of halogens is 2. The Labute approximate surface area is 119 Å². The number of nitrogens with one attached hydrogen (secondary N) is 1. The van der Waals surface area contributed by atoms with Gasteiger partial charge in [-0.3, -0.25) is 0 Å². The van der Waals surface area contributed by atoms with E-state index in [4.69, 9.17) is 0 Å². The van der Waals surface area contributed by atoms with Crippen molar-refractivity contribution in [1.29, 1.82) is 0 Å². The van der Waals surface area contributed by atoms with E-state index in [1.165, 1.54) is 12.1 Å². The third-order valence-corrected chi connectivity index (χ3v) is 5.33. The second-order valence-corrected chi connectivity index (χ2v) is 6.58. The molecule has 1 aromatic heterocycles. The first-order valence-corrected chi connectivity index (χ1v) is 7.67. The number of hydrogen-bond donors (Lipinski definition) is 1. The van der Waals surface area contributed by atoms with Crippen LogP contribution in [0.1, 0.15) is 0 Å². The van der Waals surface area contributed by atoms with Crippen LogP contribution in [0.4, 0.5) is 8.78 Å². The van der Waals surface area contributed by atoms with Crippen LogP contribution in [-0.4, -0.2) is 4.98 Å². The Kier molecular flexibility index (Phi) is 3.49. The summed E-state index contributed by atoms with van der Waals surface area (Å²) in [5.41, 5.74) is 1.12. The summed E-state index contributed by atoms with van der Waals surface area (Å²) in [7, 11) is 0. The van der Waals surface area contributed by atoms with E-state index in [9.17, 15) is 8.78 Å². The molecular weight excluding hydrogens is 280 g/mol. The molecule has 0 unspecified atom stereocenters. The molecule has 0 atom stereocenters. The molecular formula is C15H11F2NTi. The van der Waals surface area contributed by atoms with Gasteiger partial charge in [0.1, 0.15) is 0 Å². The molecule has 1 aliphatic rings. The van der Waals surface area contributed by atoms with Gasteiger partial charge in [-0.05, 0) is 0 Å². The zero-order valence-corrected chi connectivity index (χ0v) is 11.6. The molecule has 0 amide bonds. The Bertz CT molecular complexity index is 632. The molecule has 19 heavy (non-hydrogen) atoms. The van der Waals surface area contributed by atoms with Gasteiger partial charge in [0.25, 0.3) is 0 Å². The third-order valence-electron chi connectivity index (χ3n) is 3.04. The standard InChI is InChI=1S/C10H6F2N.C5H5.Ti/c11-7-3-4-8(9(12)6-7)10-2-1-5-13-10;1-2-4-5-3-1;/h1-5,13H;1-5H;. The summed E-state index contributed by atoms with van der Waals surface area (Å²) in [4.78, 5) is 2.96. The van der Waals surface area contributed by atoms with Gasteiger partial charge in [-0.2, -0.15) is 0 Å². The maximum absolute atomic E-state index is 14.5. The number of H-pyrrole nitrogens is 1. The van der Waals surface area contributed by atoms with E-state index in [2.05, 4.69) is 4.98 Å². The molecule has 94 valence electrons. The van der Waals surface area contributed by atoms with E-state index in [1.807, 2.05) is 24.3 Å². The number of aromatic nitrogens is 1. The fraction of sp³-hybridized carbons (Fsp3) is 0.0667. The van der Waals surface area contributed by atoms with Crippen molar-refractivity contribution in [3.05, 3.63) is 66.4 Å². The fourth-order valence-corrected chi connectivity index (χ4v) is 4.01. The van der Waals surface area contributed by atoms with Crippen LogP contribution in [0.2, 0.25) is 4.22 Å². The van der Waals surface area contributed by atoms with Gasteiger partial charge in [0, 0.05) is 0 Å². The quantitative estimate of drug-likeness (QED) is 0.832. The Hall–Kier alpha value is -1.45. The first-order valence-electron chi connectivity index (χ1n) is 5.99. The van der Waals surface area contributed by atoms with Crippen molar-refractivity contribution in [2.75, 3.05) is 0 Å². The van der Waals surface area contributed by atoms with Gasteiger partial charge >= 0.3 is 119 Å². The van der Waals surface area contributed by atoms with Crippen LogP contribution in [0, 0.1) is 11.6 Å². The molecule has 0 radical (unpaired) electrons. The molecule has 4 heteroatoms. The van der Waals surface area contributed by atoms with E-state index >= 15 is 0 Å². The molecule has 1 heterocycles. The van der Waals surface area contributed by atoms with E-state index in [-0.39, 0.29) is 8.09 Å². The summed E-state index contributed by atoms with van der Waals surface area (Å²) in [6.45, 7) is 0. The molecule has 0 saturated heterocycles.